The molecular formula is C20H33N5O. The first-order chi connectivity index (χ1) is 12.8. The Morgan fingerprint density at radius 3 is 2.73 bits per heavy atom. The van der Waals surface area contributed by atoms with Gasteiger partial charge in [-0.15, -0.1) is 0 Å². The second-order valence-electron chi connectivity index (χ2n) is 7.35. The number of nitrogens with zero attached hydrogens (tertiary/aromatic N) is 3. The van der Waals surface area contributed by atoms with Gasteiger partial charge in [0.15, 0.2) is 5.96 Å². The first-order valence-corrected chi connectivity index (χ1v) is 9.99. The molecule has 0 radical (unpaired) electrons. The summed E-state index contributed by atoms with van der Waals surface area (Å²) in [6.07, 6.45) is 11.2. The Hall–Kier alpha value is -1.66. The van der Waals surface area contributed by atoms with Crippen molar-refractivity contribution in [3.05, 3.63) is 30.1 Å². The Kier molecular flexibility index (Phi) is 7.26. The highest BCUT2D eigenvalue weighted by Crippen LogP contribution is 2.33. The van der Waals surface area contributed by atoms with E-state index in [1.807, 2.05) is 25.5 Å². The zero-order valence-corrected chi connectivity index (χ0v) is 16.0. The van der Waals surface area contributed by atoms with E-state index in [2.05, 4.69) is 31.6 Å². The molecule has 2 fully saturated rings. The zero-order chi connectivity index (χ0) is 18.1. The fourth-order valence-corrected chi connectivity index (χ4v) is 4.19. The van der Waals surface area contributed by atoms with Crippen molar-refractivity contribution in [3.8, 4) is 0 Å². The number of morpholine rings is 1. The second-order valence-corrected chi connectivity index (χ2v) is 7.35. The third kappa shape index (κ3) is 5.17. The monoisotopic (exact) mass is 359 g/mol. The van der Waals surface area contributed by atoms with Crippen LogP contribution in [0, 0.1) is 0 Å². The minimum absolute atomic E-state index is 0.253. The lowest BCUT2D eigenvalue weighted by atomic mass is 9.80. The molecule has 6 heteroatoms. The summed E-state index contributed by atoms with van der Waals surface area (Å²) < 4.78 is 5.57. The first kappa shape index (κ1) is 19.1. The van der Waals surface area contributed by atoms with Gasteiger partial charge in [-0.3, -0.25) is 14.9 Å². The van der Waals surface area contributed by atoms with E-state index in [9.17, 15) is 0 Å². The van der Waals surface area contributed by atoms with Crippen molar-refractivity contribution in [2.45, 2.75) is 44.1 Å². The first-order valence-electron chi connectivity index (χ1n) is 9.99. The van der Waals surface area contributed by atoms with Gasteiger partial charge in [-0.2, -0.15) is 0 Å². The maximum Gasteiger partial charge on any atom is 0.191 e. The molecule has 0 spiro atoms. The van der Waals surface area contributed by atoms with Crippen LogP contribution in [0.25, 0.3) is 0 Å². The number of pyridine rings is 1. The van der Waals surface area contributed by atoms with E-state index in [0.717, 1.165) is 51.8 Å². The van der Waals surface area contributed by atoms with E-state index in [-0.39, 0.29) is 5.54 Å². The molecule has 1 aromatic heterocycles. The summed E-state index contributed by atoms with van der Waals surface area (Å²) in [5, 5.41) is 7.05. The Morgan fingerprint density at radius 1 is 1.23 bits per heavy atom. The molecule has 0 aromatic carbocycles. The van der Waals surface area contributed by atoms with Crippen LogP contribution in [0.3, 0.4) is 0 Å². The number of rotatable bonds is 6. The SMILES string of the molecule is CN=C(NCCc1cccnc1)NCC1(N2CCOCC2)CCCCC1. The summed E-state index contributed by atoms with van der Waals surface area (Å²) in [5.74, 6) is 0.895. The second kappa shape index (κ2) is 9.88. The lowest BCUT2D eigenvalue weighted by Crippen LogP contribution is -2.60. The maximum absolute atomic E-state index is 5.57. The molecular weight excluding hydrogens is 326 g/mol. The van der Waals surface area contributed by atoms with Crippen molar-refractivity contribution in [3.63, 3.8) is 0 Å². The number of ether oxygens (including phenoxy) is 1. The molecule has 3 rings (SSSR count). The molecule has 26 heavy (non-hydrogen) atoms. The van der Waals surface area contributed by atoms with E-state index in [1.54, 1.807) is 0 Å². The Balaban J connectivity index is 1.51. The standard InChI is InChI=1S/C20H33N5O/c1-21-19(23-11-7-18-6-5-10-22-16-18)24-17-20(8-3-2-4-9-20)25-12-14-26-15-13-25/h5-6,10,16H,2-4,7-9,11-15,17H2,1H3,(H2,21,23,24). The van der Waals surface area contributed by atoms with Crippen LogP contribution in [0.4, 0.5) is 0 Å². The summed E-state index contributed by atoms with van der Waals surface area (Å²) in [7, 11) is 1.85. The largest absolute Gasteiger partial charge is 0.379 e. The average Bonchev–Trinajstić information content (AvgIpc) is 2.72. The fraction of sp³-hybridized carbons (Fsp3) is 0.700. The third-order valence-corrected chi connectivity index (χ3v) is 5.70. The quantitative estimate of drug-likeness (QED) is 0.599. The van der Waals surface area contributed by atoms with Crippen LogP contribution in [0.5, 0.6) is 0 Å². The van der Waals surface area contributed by atoms with Crippen LogP contribution >= 0.6 is 0 Å². The van der Waals surface area contributed by atoms with Gasteiger partial charge in [0, 0.05) is 51.2 Å². The fourth-order valence-electron chi connectivity index (χ4n) is 4.19. The van der Waals surface area contributed by atoms with E-state index in [0.29, 0.717) is 0 Å². The van der Waals surface area contributed by atoms with Crippen LogP contribution in [-0.2, 0) is 11.2 Å². The van der Waals surface area contributed by atoms with Gasteiger partial charge in [-0.05, 0) is 30.9 Å². The van der Waals surface area contributed by atoms with Crippen LogP contribution in [0.2, 0.25) is 0 Å². The van der Waals surface area contributed by atoms with Crippen molar-refractivity contribution >= 4 is 5.96 Å². The van der Waals surface area contributed by atoms with Gasteiger partial charge in [0.25, 0.3) is 0 Å². The van der Waals surface area contributed by atoms with Crippen LogP contribution in [-0.4, -0.2) is 67.8 Å². The molecule has 1 saturated heterocycles. The molecule has 1 saturated carbocycles. The van der Waals surface area contributed by atoms with Gasteiger partial charge in [-0.1, -0.05) is 25.3 Å². The molecule has 1 aromatic rings. The summed E-state index contributed by atoms with van der Waals surface area (Å²) in [5.41, 5.74) is 1.50. The normalized spacial score (nSPS) is 21.3. The summed E-state index contributed by atoms with van der Waals surface area (Å²) in [4.78, 5) is 11.2. The number of aliphatic imine (C=N–C) groups is 1. The summed E-state index contributed by atoms with van der Waals surface area (Å²) in [6.45, 7) is 5.64. The van der Waals surface area contributed by atoms with Gasteiger partial charge in [0.2, 0.25) is 0 Å². The van der Waals surface area contributed by atoms with Gasteiger partial charge < -0.3 is 15.4 Å². The molecule has 144 valence electrons. The molecule has 0 atom stereocenters. The summed E-state index contributed by atoms with van der Waals surface area (Å²) in [6, 6.07) is 4.10. The van der Waals surface area contributed by atoms with E-state index >= 15 is 0 Å². The topological polar surface area (TPSA) is 61.8 Å². The lowest BCUT2D eigenvalue weighted by molar-refractivity contribution is -0.0352. The molecule has 1 aliphatic carbocycles. The molecule has 0 bridgehead atoms. The minimum atomic E-state index is 0.253. The van der Waals surface area contributed by atoms with Crippen molar-refractivity contribution in [1.82, 2.24) is 20.5 Å². The number of hydrogen-bond donors (Lipinski definition) is 2. The Bertz CT molecular complexity index is 551. The highest BCUT2D eigenvalue weighted by atomic mass is 16.5. The highest BCUT2D eigenvalue weighted by Gasteiger charge is 2.38. The Morgan fingerprint density at radius 2 is 2.04 bits per heavy atom. The van der Waals surface area contributed by atoms with Crippen LogP contribution in [0.15, 0.2) is 29.5 Å². The number of guanidine groups is 1. The molecule has 6 nitrogen and oxygen atoms in total. The predicted molar refractivity (Wildman–Crippen MR) is 106 cm³/mol. The van der Waals surface area contributed by atoms with Crippen LogP contribution in [0.1, 0.15) is 37.7 Å². The average molecular weight is 360 g/mol. The van der Waals surface area contributed by atoms with Crippen molar-refractivity contribution in [2.24, 2.45) is 4.99 Å². The van der Waals surface area contributed by atoms with Crippen molar-refractivity contribution < 1.29 is 4.74 Å². The number of hydrogen-bond acceptors (Lipinski definition) is 4. The van der Waals surface area contributed by atoms with Crippen molar-refractivity contribution in [2.75, 3.05) is 46.4 Å². The molecule has 0 amide bonds. The van der Waals surface area contributed by atoms with Gasteiger partial charge >= 0.3 is 0 Å². The lowest BCUT2D eigenvalue weighted by Gasteiger charge is -2.48. The number of aromatic nitrogens is 1. The van der Waals surface area contributed by atoms with Gasteiger partial charge in [0.1, 0.15) is 0 Å². The third-order valence-electron chi connectivity index (χ3n) is 5.70. The smallest absolute Gasteiger partial charge is 0.191 e. The Labute approximate surface area is 157 Å². The maximum atomic E-state index is 5.57. The van der Waals surface area contributed by atoms with E-state index in [1.165, 1.54) is 37.7 Å². The zero-order valence-electron chi connectivity index (χ0n) is 16.0. The van der Waals surface area contributed by atoms with Crippen molar-refractivity contribution in [1.29, 1.82) is 0 Å². The van der Waals surface area contributed by atoms with E-state index < -0.39 is 0 Å². The van der Waals surface area contributed by atoms with Gasteiger partial charge in [0.05, 0.1) is 13.2 Å². The molecule has 2 aliphatic rings. The molecule has 1 aliphatic heterocycles. The van der Waals surface area contributed by atoms with E-state index in [4.69, 9.17) is 4.74 Å². The van der Waals surface area contributed by atoms with Gasteiger partial charge in [-0.25, -0.2) is 0 Å². The molecule has 2 heterocycles. The minimum Gasteiger partial charge on any atom is -0.379 e. The van der Waals surface area contributed by atoms with Crippen LogP contribution < -0.4 is 10.6 Å². The summed E-state index contributed by atoms with van der Waals surface area (Å²) >= 11 is 0. The number of nitrogens with one attached hydrogen (secondary N) is 2. The molecule has 2 N–H and O–H groups in total. The highest BCUT2D eigenvalue weighted by molar-refractivity contribution is 5.79. The predicted octanol–water partition coefficient (Wildman–Crippen LogP) is 1.82. The molecule has 0 unspecified atom stereocenters.